The summed E-state index contributed by atoms with van der Waals surface area (Å²) in [4.78, 5) is 1.32. The number of allylic oxidation sites excluding steroid dienone is 2. The first-order chi connectivity index (χ1) is 9.35. The summed E-state index contributed by atoms with van der Waals surface area (Å²) < 4.78 is 2.46. The van der Waals surface area contributed by atoms with Gasteiger partial charge in [0.2, 0.25) is 0 Å². The molecule has 0 heterocycles. The van der Waals surface area contributed by atoms with Gasteiger partial charge in [0.05, 0.1) is 0 Å². The van der Waals surface area contributed by atoms with Crippen LogP contribution in [0.2, 0.25) is 0 Å². The van der Waals surface area contributed by atoms with Gasteiger partial charge in [0.25, 0.3) is 0 Å². The third kappa shape index (κ3) is 3.13. The molecule has 0 spiro atoms. The van der Waals surface area contributed by atoms with Gasteiger partial charge in [0.15, 0.2) is 0 Å². The van der Waals surface area contributed by atoms with Crippen LogP contribution in [0.1, 0.15) is 12.8 Å². The second-order valence-electron chi connectivity index (χ2n) is 5.58. The second-order valence-corrected chi connectivity index (χ2v) is 6.75. The summed E-state index contributed by atoms with van der Waals surface area (Å²) in [5, 5.41) is 0. The molecule has 3 atom stereocenters. The Labute approximate surface area is 120 Å². The lowest BCUT2D eigenvalue weighted by Gasteiger charge is -2.26. The minimum atomic E-state index is 0.827. The maximum absolute atomic E-state index is 3.90. The number of benzene rings is 1. The predicted molar refractivity (Wildman–Crippen MR) is 82.9 cm³/mol. The molecule has 1 saturated carbocycles. The number of nitrogens with zero attached hydrogens (tertiary/aromatic N) is 1. The second kappa shape index (κ2) is 5.98. The van der Waals surface area contributed by atoms with Gasteiger partial charge in [-0.15, -0.1) is 6.58 Å². The van der Waals surface area contributed by atoms with Crippen LogP contribution >= 0.6 is 11.9 Å². The minimum absolute atomic E-state index is 0.827. The summed E-state index contributed by atoms with van der Waals surface area (Å²) in [5.41, 5.74) is 0. The maximum atomic E-state index is 3.90. The molecule has 2 aliphatic carbocycles. The van der Waals surface area contributed by atoms with Crippen LogP contribution in [-0.4, -0.2) is 17.4 Å². The molecule has 2 aliphatic rings. The van der Waals surface area contributed by atoms with Crippen molar-refractivity contribution in [2.45, 2.75) is 17.7 Å². The Morgan fingerprint density at radius 2 is 2.05 bits per heavy atom. The van der Waals surface area contributed by atoms with Crippen molar-refractivity contribution in [1.29, 1.82) is 0 Å². The molecule has 1 aromatic rings. The van der Waals surface area contributed by atoms with E-state index < -0.39 is 0 Å². The van der Waals surface area contributed by atoms with Crippen LogP contribution in [0.25, 0.3) is 0 Å². The maximum Gasteiger partial charge on any atom is 0.0271 e. The van der Waals surface area contributed by atoms with E-state index in [0.717, 1.165) is 24.3 Å². The van der Waals surface area contributed by atoms with Gasteiger partial charge in [-0.1, -0.05) is 36.4 Å². The fourth-order valence-corrected chi connectivity index (χ4v) is 4.31. The number of hydrogen-bond donors (Lipinski definition) is 0. The molecule has 100 valence electrons. The van der Waals surface area contributed by atoms with Crippen molar-refractivity contribution < 1.29 is 0 Å². The van der Waals surface area contributed by atoms with Gasteiger partial charge in [-0.2, -0.15) is 0 Å². The Kier molecular flexibility index (Phi) is 4.09. The highest BCUT2D eigenvalue weighted by molar-refractivity contribution is 7.97. The van der Waals surface area contributed by atoms with E-state index in [1.54, 1.807) is 0 Å². The SMILES string of the molecule is C=CCN(C[C@@H]1C[C@@H]2C=C[C@H]1C2)Sc1ccccc1. The molecule has 2 bridgehead atoms. The zero-order valence-corrected chi connectivity index (χ0v) is 12.1. The summed E-state index contributed by atoms with van der Waals surface area (Å²) in [5.74, 6) is 2.53. The molecule has 0 N–H and O–H groups in total. The van der Waals surface area contributed by atoms with Crippen LogP contribution in [0.15, 0.2) is 60.0 Å². The molecular formula is C17H21NS. The quantitative estimate of drug-likeness (QED) is 0.557. The van der Waals surface area contributed by atoms with Crippen LogP contribution in [0.4, 0.5) is 0 Å². The van der Waals surface area contributed by atoms with Crippen LogP contribution < -0.4 is 0 Å². The summed E-state index contributed by atoms with van der Waals surface area (Å²) in [7, 11) is 0. The van der Waals surface area contributed by atoms with Gasteiger partial charge in [-0.25, -0.2) is 4.31 Å². The first-order valence-corrected chi connectivity index (χ1v) is 7.89. The fourth-order valence-electron chi connectivity index (χ4n) is 3.29. The average molecular weight is 271 g/mol. The monoisotopic (exact) mass is 271 g/mol. The van der Waals surface area contributed by atoms with Gasteiger partial charge in [0.1, 0.15) is 0 Å². The van der Waals surface area contributed by atoms with Gasteiger partial charge < -0.3 is 0 Å². The van der Waals surface area contributed by atoms with E-state index in [4.69, 9.17) is 0 Å². The average Bonchev–Trinajstić information content (AvgIpc) is 3.02. The summed E-state index contributed by atoms with van der Waals surface area (Å²) in [6.45, 7) is 6.03. The highest BCUT2D eigenvalue weighted by Crippen LogP contribution is 2.44. The minimum Gasteiger partial charge on any atom is -0.242 e. The third-order valence-electron chi connectivity index (χ3n) is 4.16. The molecule has 0 radical (unpaired) electrons. The molecule has 2 heteroatoms. The van der Waals surface area contributed by atoms with E-state index in [1.807, 2.05) is 18.0 Å². The highest BCUT2D eigenvalue weighted by atomic mass is 32.2. The first kappa shape index (κ1) is 13.0. The Balaban J connectivity index is 1.61. The Morgan fingerprint density at radius 3 is 2.68 bits per heavy atom. The molecule has 19 heavy (non-hydrogen) atoms. The molecule has 0 unspecified atom stereocenters. The Morgan fingerprint density at radius 1 is 1.21 bits per heavy atom. The van der Waals surface area contributed by atoms with Crippen molar-refractivity contribution in [2.75, 3.05) is 13.1 Å². The normalized spacial score (nSPS) is 28.2. The highest BCUT2D eigenvalue weighted by Gasteiger charge is 2.36. The van der Waals surface area contributed by atoms with E-state index in [9.17, 15) is 0 Å². The van der Waals surface area contributed by atoms with Gasteiger partial charge in [-0.3, -0.25) is 0 Å². The van der Waals surface area contributed by atoms with Crippen LogP contribution in [0, 0.1) is 17.8 Å². The summed E-state index contributed by atoms with van der Waals surface area (Å²) >= 11 is 1.87. The molecular weight excluding hydrogens is 250 g/mol. The van der Waals surface area contributed by atoms with E-state index >= 15 is 0 Å². The van der Waals surface area contributed by atoms with E-state index in [2.05, 4.69) is 53.4 Å². The fraction of sp³-hybridized carbons (Fsp3) is 0.412. The van der Waals surface area contributed by atoms with Crippen molar-refractivity contribution in [3.05, 3.63) is 55.1 Å². The van der Waals surface area contributed by atoms with E-state index in [0.29, 0.717) is 0 Å². The molecule has 0 aromatic heterocycles. The molecule has 3 rings (SSSR count). The molecule has 1 fully saturated rings. The van der Waals surface area contributed by atoms with Gasteiger partial charge in [0, 0.05) is 18.0 Å². The lowest BCUT2D eigenvalue weighted by atomic mass is 9.94. The Bertz CT molecular complexity index is 454. The summed E-state index contributed by atoms with van der Waals surface area (Å²) in [6, 6.07) is 10.6. The Hall–Kier alpha value is -0.990. The standard InChI is InChI=1S/C17H21NS/c1-2-10-18(19-17-6-4-3-5-7-17)13-16-12-14-8-9-15(16)11-14/h2-9,14-16H,1,10-13H2/t14-,15+,16+/m1/s1. The zero-order valence-electron chi connectivity index (χ0n) is 11.2. The van der Waals surface area contributed by atoms with Crippen molar-refractivity contribution in [3.63, 3.8) is 0 Å². The van der Waals surface area contributed by atoms with E-state index in [-0.39, 0.29) is 0 Å². The number of hydrogen-bond acceptors (Lipinski definition) is 2. The smallest absolute Gasteiger partial charge is 0.0271 e. The van der Waals surface area contributed by atoms with Gasteiger partial charge in [-0.05, 0) is 54.7 Å². The van der Waals surface area contributed by atoms with Crippen LogP contribution in [0.3, 0.4) is 0 Å². The third-order valence-corrected chi connectivity index (χ3v) is 5.20. The largest absolute Gasteiger partial charge is 0.242 e. The van der Waals surface area contributed by atoms with Crippen molar-refractivity contribution in [2.24, 2.45) is 17.8 Å². The van der Waals surface area contributed by atoms with Crippen LogP contribution in [0.5, 0.6) is 0 Å². The summed E-state index contributed by atoms with van der Waals surface area (Å²) in [6.07, 6.45) is 9.65. The van der Waals surface area contributed by atoms with Crippen molar-refractivity contribution >= 4 is 11.9 Å². The number of rotatable bonds is 6. The lowest BCUT2D eigenvalue weighted by molar-refractivity contribution is 0.350. The predicted octanol–water partition coefficient (Wildman–Crippen LogP) is 4.39. The number of fused-ring (bicyclic) bond motifs is 2. The van der Waals surface area contributed by atoms with Crippen LogP contribution in [-0.2, 0) is 0 Å². The zero-order chi connectivity index (χ0) is 13.1. The first-order valence-electron chi connectivity index (χ1n) is 7.12. The topological polar surface area (TPSA) is 3.24 Å². The van der Waals surface area contributed by atoms with E-state index in [1.165, 1.54) is 24.3 Å². The molecule has 1 nitrogen and oxygen atoms in total. The van der Waals surface area contributed by atoms with Gasteiger partial charge >= 0.3 is 0 Å². The van der Waals surface area contributed by atoms with Crippen molar-refractivity contribution in [3.8, 4) is 0 Å². The van der Waals surface area contributed by atoms with Crippen molar-refractivity contribution in [1.82, 2.24) is 4.31 Å². The molecule has 0 amide bonds. The molecule has 0 saturated heterocycles. The molecule has 0 aliphatic heterocycles. The molecule has 1 aromatic carbocycles. The lowest BCUT2D eigenvalue weighted by Crippen LogP contribution is -2.26.